The van der Waals surface area contributed by atoms with Crippen molar-refractivity contribution in [3.05, 3.63) is 139 Å². The molecule has 0 saturated carbocycles. The first-order valence-corrected chi connectivity index (χ1v) is 13.7. The summed E-state index contributed by atoms with van der Waals surface area (Å²) in [4.78, 5) is 0. The maximum Gasteiger partial charge on any atom is 0.135 e. The summed E-state index contributed by atoms with van der Waals surface area (Å²) in [5.74, 6) is 0. The Morgan fingerprint density at radius 3 is 2.02 bits per heavy atom. The Morgan fingerprint density at radius 2 is 1.17 bits per heavy atom. The van der Waals surface area contributed by atoms with E-state index in [1.54, 1.807) is 0 Å². The molecule has 0 atom stereocenters. The van der Waals surface area contributed by atoms with Crippen molar-refractivity contribution in [2.45, 2.75) is 0 Å². The molecule has 4 nitrogen and oxygen atoms in total. The molecule has 2 aromatic heterocycles. The zero-order chi connectivity index (χ0) is 28.2. The molecule has 0 aliphatic carbocycles. The molecular formula is C38H21N3O. The molecule has 2 heterocycles. The molecule has 0 fully saturated rings. The van der Waals surface area contributed by atoms with Gasteiger partial charge in [0, 0.05) is 27.2 Å². The number of nitriles is 2. The number of hydrogen-bond acceptors (Lipinski definition) is 3. The van der Waals surface area contributed by atoms with Gasteiger partial charge < -0.3 is 8.98 Å². The van der Waals surface area contributed by atoms with Crippen LogP contribution in [0.25, 0.3) is 71.7 Å². The SMILES string of the molecule is N#Cc1cc(-c2cccc(-c3ccc4oc5ccccc5c4c3)c2)cc(-n2c3ccccc3c3cc(C#N)ccc32)c1. The molecule has 0 saturated heterocycles. The molecule has 4 heteroatoms. The van der Waals surface area contributed by atoms with E-state index >= 15 is 0 Å². The van der Waals surface area contributed by atoms with E-state index in [0.717, 1.165) is 71.7 Å². The van der Waals surface area contributed by atoms with Gasteiger partial charge in [-0.3, -0.25) is 0 Å². The molecule has 8 rings (SSSR count). The fourth-order valence-corrected chi connectivity index (χ4v) is 6.08. The van der Waals surface area contributed by atoms with Crippen molar-refractivity contribution >= 4 is 43.7 Å². The molecule has 0 bridgehead atoms. The molecular weight excluding hydrogens is 514 g/mol. The number of hydrogen-bond donors (Lipinski definition) is 0. The molecule has 6 aromatic carbocycles. The van der Waals surface area contributed by atoms with Gasteiger partial charge in [-0.15, -0.1) is 0 Å². The number of fused-ring (bicyclic) bond motifs is 6. The highest BCUT2D eigenvalue weighted by atomic mass is 16.3. The molecule has 42 heavy (non-hydrogen) atoms. The first kappa shape index (κ1) is 23.8. The Kier molecular flexibility index (Phi) is 5.22. The number of benzene rings is 6. The van der Waals surface area contributed by atoms with Gasteiger partial charge in [0.1, 0.15) is 11.2 Å². The van der Waals surface area contributed by atoms with Crippen LogP contribution in [0.15, 0.2) is 132 Å². The summed E-state index contributed by atoms with van der Waals surface area (Å²) in [6, 6.07) is 47.4. The molecule has 194 valence electrons. The van der Waals surface area contributed by atoms with Gasteiger partial charge in [0.15, 0.2) is 0 Å². The molecule has 0 spiro atoms. The third-order valence-electron chi connectivity index (χ3n) is 8.01. The van der Waals surface area contributed by atoms with Crippen LogP contribution in [-0.2, 0) is 0 Å². The number of aromatic nitrogens is 1. The summed E-state index contributed by atoms with van der Waals surface area (Å²) in [6.45, 7) is 0. The van der Waals surface area contributed by atoms with Gasteiger partial charge in [-0.25, -0.2) is 0 Å². The summed E-state index contributed by atoms with van der Waals surface area (Å²) in [7, 11) is 0. The Balaban J connectivity index is 1.29. The molecule has 0 radical (unpaired) electrons. The summed E-state index contributed by atoms with van der Waals surface area (Å²) in [5, 5.41) is 23.8. The van der Waals surface area contributed by atoms with E-state index in [1.165, 1.54) is 0 Å². The van der Waals surface area contributed by atoms with Crippen molar-refractivity contribution in [2.24, 2.45) is 0 Å². The second kappa shape index (κ2) is 9.24. The van der Waals surface area contributed by atoms with E-state index in [9.17, 15) is 10.5 Å². The van der Waals surface area contributed by atoms with Gasteiger partial charge in [-0.05, 0) is 89.0 Å². The first-order chi connectivity index (χ1) is 20.7. The Hall–Kier alpha value is -6.10. The number of rotatable bonds is 3. The fraction of sp³-hybridized carbons (Fsp3) is 0. The highest BCUT2D eigenvalue weighted by Crippen LogP contribution is 2.36. The number of para-hydroxylation sites is 2. The number of nitrogens with zero attached hydrogens (tertiary/aromatic N) is 3. The van der Waals surface area contributed by atoms with Gasteiger partial charge >= 0.3 is 0 Å². The lowest BCUT2D eigenvalue weighted by Gasteiger charge is -2.12. The lowest BCUT2D eigenvalue weighted by molar-refractivity contribution is 0.669. The van der Waals surface area contributed by atoms with Gasteiger partial charge in [0.2, 0.25) is 0 Å². The van der Waals surface area contributed by atoms with Gasteiger partial charge in [0.25, 0.3) is 0 Å². The smallest absolute Gasteiger partial charge is 0.135 e. The van der Waals surface area contributed by atoms with Crippen molar-refractivity contribution in [1.29, 1.82) is 10.5 Å². The maximum absolute atomic E-state index is 10.0. The molecule has 0 amide bonds. The average molecular weight is 536 g/mol. The minimum absolute atomic E-state index is 0.582. The van der Waals surface area contributed by atoms with Crippen LogP contribution < -0.4 is 0 Å². The third kappa shape index (κ3) is 3.68. The monoisotopic (exact) mass is 535 g/mol. The van der Waals surface area contributed by atoms with Gasteiger partial charge in [0.05, 0.1) is 34.3 Å². The fourth-order valence-electron chi connectivity index (χ4n) is 6.08. The molecule has 0 unspecified atom stereocenters. The van der Waals surface area contributed by atoms with Crippen molar-refractivity contribution in [2.75, 3.05) is 0 Å². The standard InChI is InChI=1S/C38H21N3O/c39-22-24-12-14-36-33(18-24)31-8-1-3-10-35(31)41(36)30-17-25(23-40)16-29(20-30)27-7-5-6-26(19-27)28-13-15-38-34(21-28)32-9-2-4-11-37(32)42-38/h1-21H. The molecule has 0 N–H and O–H groups in total. The van der Waals surface area contributed by atoms with Crippen LogP contribution in [0.2, 0.25) is 0 Å². The first-order valence-electron chi connectivity index (χ1n) is 13.7. The van der Waals surface area contributed by atoms with Crippen molar-refractivity contribution in [1.82, 2.24) is 4.57 Å². The highest BCUT2D eigenvalue weighted by molar-refractivity contribution is 6.10. The zero-order valence-electron chi connectivity index (χ0n) is 22.4. The van der Waals surface area contributed by atoms with Gasteiger partial charge in [-0.2, -0.15) is 10.5 Å². The minimum atomic E-state index is 0.582. The maximum atomic E-state index is 10.0. The second-order valence-corrected chi connectivity index (χ2v) is 10.5. The van der Waals surface area contributed by atoms with E-state index in [0.29, 0.717) is 11.1 Å². The van der Waals surface area contributed by atoms with Crippen LogP contribution in [0.3, 0.4) is 0 Å². The van der Waals surface area contributed by atoms with Crippen molar-refractivity contribution < 1.29 is 4.42 Å². The number of furan rings is 1. The van der Waals surface area contributed by atoms with Crippen LogP contribution in [0, 0.1) is 22.7 Å². The molecule has 8 aromatic rings. The highest BCUT2D eigenvalue weighted by Gasteiger charge is 2.15. The van der Waals surface area contributed by atoms with Crippen molar-refractivity contribution in [3.8, 4) is 40.1 Å². The lowest BCUT2D eigenvalue weighted by atomic mass is 9.96. The van der Waals surface area contributed by atoms with Crippen LogP contribution in [0.4, 0.5) is 0 Å². The van der Waals surface area contributed by atoms with Crippen molar-refractivity contribution in [3.63, 3.8) is 0 Å². The largest absolute Gasteiger partial charge is 0.456 e. The predicted molar refractivity (Wildman–Crippen MR) is 168 cm³/mol. The Bertz CT molecular complexity index is 2450. The lowest BCUT2D eigenvalue weighted by Crippen LogP contribution is -1.96. The van der Waals surface area contributed by atoms with Crippen LogP contribution in [-0.4, -0.2) is 4.57 Å². The van der Waals surface area contributed by atoms with E-state index in [1.807, 2.05) is 66.7 Å². The Labute approximate surface area is 241 Å². The topological polar surface area (TPSA) is 65.7 Å². The van der Waals surface area contributed by atoms with Crippen LogP contribution >= 0.6 is 0 Å². The summed E-state index contributed by atoms with van der Waals surface area (Å²) >= 11 is 0. The van der Waals surface area contributed by atoms with E-state index in [4.69, 9.17) is 4.42 Å². The quantitative estimate of drug-likeness (QED) is 0.226. The summed E-state index contributed by atoms with van der Waals surface area (Å²) in [6.07, 6.45) is 0. The minimum Gasteiger partial charge on any atom is -0.456 e. The van der Waals surface area contributed by atoms with E-state index < -0.39 is 0 Å². The van der Waals surface area contributed by atoms with E-state index in [-0.39, 0.29) is 0 Å². The molecule has 0 aliphatic rings. The second-order valence-electron chi connectivity index (χ2n) is 10.5. The van der Waals surface area contributed by atoms with Gasteiger partial charge in [-0.1, -0.05) is 60.7 Å². The molecule has 0 aliphatic heterocycles. The van der Waals surface area contributed by atoms with Crippen LogP contribution in [0.1, 0.15) is 11.1 Å². The predicted octanol–water partition coefficient (Wildman–Crippen LogP) is 9.76. The third-order valence-corrected chi connectivity index (χ3v) is 8.01. The zero-order valence-corrected chi connectivity index (χ0v) is 22.4. The Morgan fingerprint density at radius 1 is 0.452 bits per heavy atom. The summed E-state index contributed by atoms with van der Waals surface area (Å²) < 4.78 is 8.21. The van der Waals surface area contributed by atoms with E-state index in [2.05, 4.69) is 77.4 Å². The van der Waals surface area contributed by atoms with Crippen LogP contribution in [0.5, 0.6) is 0 Å². The summed E-state index contributed by atoms with van der Waals surface area (Å²) in [5.41, 5.74) is 10.0. The average Bonchev–Trinajstić information content (AvgIpc) is 3.59. The normalized spacial score (nSPS) is 11.3.